The van der Waals surface area contributed by atoms with Crippen molar-refractivity contribution in [1.29, 1.82) is 0 Å². The van der Waals surface area contributed by atoms with Gasteiger partial charge in [-0.25, -0.2) is 0 Å². The molecular weight excluding hydrogens is 454 g/mol. The van der Waals surface area contributed by atoms with Gasteiger partial charge < -0.3 is 21.5 Å². The Kier molecular flexibility index (Phi) is 9.95. The number of carbonyl (C=O) groups is 3. The van der Waals surface area contributed by atoms with E-state index in [4.69, 9.17) is 10.8 Å². The van der Waals surface area contributed by atoms with Gasteiger partial charge in [0, 0.05) is 35.3 Å². The number of amides is 2. The Labute approximate surface area is 210 Å². The van der Waals surface area contributed by atoms with Gasteiger partial charge >= 0.3 is 0 Å². The summed E-state index contributed by atoms with van der Waals surface area (Å²) in [7, 11) is 0. The average molecular weight is 484 g/mol. The number of aliphatic hydroxyl groups excluding tert-OH is 1. The molecule has 0 aliphatic carbocycles. The molecule has 0 spiro atoms. The lowest BCUT2D eigenvalue weighted by atomic mass is 10.1. The average Bonchev–Trinajstić information content (AvgIpc) is 2.91. The monoisotopic (exact) mass is 483 g/mol. The molecule has 0 bridgehead atoms. The molecule has 0 aromatic heterocycles. The van der Waals surface area contributed by atoms with Crippen molar-refractivity contribution in [3.63, 3.8) is 0 Å². The van der Waals surface area contributed by atoms with Crippen LogP contribution in [0.1, 0.15) is 39.9 Å². The highest BCUT2D eigenvalue weighted by atomic mass is 16.3. The van der Waals surface area contributed by atoms with Crippen LogP contribution in [0, 0.1) is 11.8 Å². The quantitative estimate of drug-likeness (QED) is 0.330. The SMILES string of the molecule is NC[C@H](NC(=O)c1ccc(C#Cc2ccc(NC(=O)CCCc3ccccc3)cc2)cc1)C(=O)CO. The molecule has 5 N–H and O–H groups in total. The van der Waals surface area contributed by atoms with E-state index in [0.717, 1.165) is 24.1 Å². The first-order chi connectivity index (χ1) is 17.5. The first-order valence-electron chi connectivity index (χ1n) is 11.7. The van der Waals surface area contributed by atoms with Crippen molar-refractivity contribution in [3.05, 3.63) is 101 Å². The molecule has 184 valence electrons. The molecule has 0 saturated heterocycles. The van der Waals surface area contributed by atoms with Crippen LogP contribution >= 0.6 is 0 Å². The first kappa shape index (κ1) is 26.4. The van der Waals surface area contributed by atoms with E-state index in [0.29, 0.717) is 17.5 Å². The van der Waals surface area contributed by atoms with E-state index in [1.807, 2.05) is 42.5 Å². The molecule has 2 amide bonds. The van der Waals surface area contributed by atoms with Crippen molar-refractivity contribution in [1.82, 2.24) is 5.32 Å². The maximum absolute atomic E-state index is 12.3. The second kappa shape index (κ2) is 13.6. The van der Waals surface area contributed by atoms with Gasteiger partial charge in [-0.1, -0.05) is 42.2 Å². The van der Waals surface area contributed by atoms with E-state index in [1.165, 1.54) is 5.56 Å². The molecule has 0 fully saturated rings. The minimum absolute atomic E-state index is 0.0209. The molecule has 3 rings (SSSR count). The van der Waals surface area contributed by atoms with E-state index < -0.39 is 24.3 Å². The summed E-state index contributed by atoms with van der Waals surface area (Å²) in [6.45, 7) is -0.774. The number of rotatable bonds is 10. The summed E-state index contributed by atoms with van der Waals surface area (Å²) in [4.78, 5) is 36.1. The molecule has 3 aromatic rings. The van der Waals surface area contributed by atoms with Crippen molar-refractivity contribution in [2.24, 2.45) is 5.73 Å². The summed E-state index contributed by atoms with van der Waals surface area (Å²) < 4.78 is 0. The lowest BCUT2D eigenvalue weighted by Gasteiger charge is -2.14. The highest BCUT2D eigenvalue weighted by Crippen LogP contribution is 2.11. The minimum atomic E-state index is -0.927. The summed E-state index contributed by atoms with van der Waals surface area (Å²) in [5, 5.41) is 14.4. The summed E-state index contributed by atoms with van der Waals surface area (Å²) >= 11 is 0. The zero-order valence-electron chi connectivity index (χ0n) is 19.9. The Balaban J connectivity index is 1.49. The number of nitrogens with two attached hydrogens (primary N) is 1. The van der Waals surface area contributed by atoms with Gasteiger partial charge in [0.2, 0.25) is 5.91 Å². The van der Waals surface area contributed by atoms with Crippen molar-refractivity contribution in [3.8, 4) is 11.8 Å². The van der Waals surface area contributed by atoms with Crippen LogP contribution in [-0.2, 0) is 16.0 Å². The molecule has 0 heterocycles. The predicted octanol–water partition coefficient (Wildman–Crippen LogP) is 2.67. The zero-order valence-corrected chi connectivity index (χ0v) is 19.9. The Morgan fingerprint density at radius 1 is 0.861 bits per heavy atom. The van der Waals surface area contributed by atoms with Crippen LogP contribution < -0.4 is 16.4 Å². The van der Waals surface area contributed by atoms with E-state index in [1.54, 1.807) is 24.3 Å². The van der Waals surface area contributed by atoms with Crippen molar-refractivity contribution >= 4 is 23.3 Å². The molecule has 7 nitrogen and oxygen atoms in total. The molecule has 0 aliphatic heterocycles. The third-order valence-electron chi connectivity index (χ3n) is 5.46. The topological polar surface area (TPSA) is 122 Å². The minimum Gasteiger partial charge on any atom is -0.388 e. The predicted molar refractivity (Wildman–Crippen MR) is 139 cm³/mol. The number of benzene rings is 3. The Hall–Kier alpha value is -4.25. The Morgan fingerprint density at radius 3 is 2.06 bits per heavy atom. The number of ketones is 1. The van der Waals surface area contributed by atoms with Gasteiger partial charge in [0.05, 0.1) is 0 Å². The Bertz CT molecular complexity index is 1230. The molecule has 0 radical (unpaired) electrons. The summed E-state index contributed by atoms with van der Waals surface area (Å²) in [6, 6.07) is 23.1. The molecule has 0 aliphatic rings. The third-order valence-corrected chi connectivity index (χ3v) is 5.46. The molecular formula is C29H29N3O4. The molecule has 1 atom stereocenters. The highest BCUT2D eigenvalue weighted by Gasteiger charge is 2.18. The number of anilines is 1. The number of aryl methyl sites for hydroxylation is 1. The van der Waals surface area contributed by atoms with Gasteiger partial charge in [-0.05, 0) is 66.9 Å². The molecule has 36 heavy (non-hydrogen) atoms. The fourth-order valence-corrected chi connectivity index (χ4v) is 3.43. The van der Waals surface area contributed by atoms with Crippen LogP contribution in [0.2, 0.25) is 0 Å². The maximum Gasteiger partial charge on any atom is 0.251 e. The number of hydrogen-bond donors (Lipinski definition) is 4. The fraction of sp³-hybridized carbons (Fsp3) is 0.207. The fourth-order valence-electron chi connectivity index (χ4n) is 3.43. The van der Waals surface area contributed by atoms with E-state index in [9.17, 15) is 14.4 Å². The standard InChI is InChI=1S/C29H29N3O4/c30-19-26(27(34)20-33)32-29(36)24-15-11-22(12-16-24)9-10-23-13-17-25(18-14-23)31-28(35)8-4-7-21-5-2-1-3-6-21/h1-3,5-6,11-18,26,33H,4,7-8,19-20,30H2,(H,31,35)(H,32,36)/t26-/m0/s1. The number of carbonyl (C=O) groups excluding carboxylic acids is 3. The highest BCUT2D eigenvalue weighted by molar-refractivity contribution is 5.98. The van der Waals surface area contributed by atoms with Crippen LogP contribution in [0.25, 0.3) is 0 Å². The summed E-state index contributed by atoms with van der Waals surface area (Å²) in [6.07, 6.45) is 2.11. The van der Waals surface area contributed by atoms with Gasteiger partial charge in [0.1, 0.15) is 12.6 Å². The van der Waals surface area contributed by atoms with E-state index in [2.05, 4.69) is 34.6 Å². The third kappa shape index (κ3) is 8.20. The largest absolute Gasteiger partial charge is 0.388 e. The number of nitrogens with one attached hydrogen (secondary N) is 2. The van der Waals surface area contributed by atoms with Gasteiger partial charge in [0.15, 0.2) is 5.78 Å². The van der Waals surface area contributed by atoms with Gasteiger partial charge in [-0.3, -0.25) is 14.4 Å². The van der Waals surface area contributed by atoms with Gasteiger partial charge in [-0.2, -0.15) is 0 Å². The van der Waals surface area contributed by atoms with Gasteiger partial charge in [0.25, 0.3) is 5.91 Å². The number of hydrogen-bond acceptors (Lipinski definition) is 5. The summed E-state index contributed by atoms with van der Waals surface area (Å²) in [5.74, 6) is 5.07. The van der Waals surface area contributed by atoms with Crippen LogP contribution in [-0.4, -0.2) is 41.9 Å². The second-order valence-corrected chi connectivity index (χ2v) is 8.18. The van der Waals surface area contributed by atoms with Crippen molar-refractivity contribution in [2.75, 3.05) is 18.5 Å². The Morgan fingerprint density at radius 2 is 1.47 bits per heavy atom. The normalized spacial score (nSPS) is 11.1. The van der Waals surface area contributed by atoms with E-state index >= 15 is 0 Å². The van der Waals surface area contributed by atoms with Crippen LogP contribution in [0.15, 0.2) is 78.9 Å². The number of Topliss-reactive ketones (excluding diaryl/α,β-unsaturated/α-hetero) is 1. The summed E-state index contributed by atoms with van der Waals surface area (Å²) in [5.41, 5.74) is 9.27. The molecule has 0 unspecified atom stereocenters. The maximum atomic E-state index is 12.3. The van der Waals surface area contributed by atoms with Crippen LogP contribution in [0.4, 0.5) is 5.69 Å². The first-order valence-corrected chi connectivity index (χ1v) is 11.7. The number of aliphatic hydroxyl groups is 1. The molecule has 7 heteroatoms. The lowest BCUT2D eigenvalue weighted by Crippen LogP contribution is -2.46. The van der Waals surface area contributed by atoms with E-state index in [-0.39, 0.29) is 12.5 Å². The molecule has 3 aromatic carbocycles. The zero-order chi connectivity index (χ0) is 25.8. The second-order valence-electron chi connectivity index (χ2n) is 8.18. The van der Waals surface area contributed by atoms with Crippen molar-refractivity contribution < 1.29 is 19.5 Å². The van der Waals surface area contributed by atoms with Crippen molar-refractivity contribution in [2.45, 2.75) is 25.3 Å². The smallest absolute Gasteiger partial charge is 0.251 e. The lowest BCUT2D eigenvalue weighted by molar-refractivity contribution is -0.123. The van der Waals surface area contributed by atoms with Crippen LogP contribution in [0.3, 0.4) is 0 Å². The van der Waals surface area contributed by atoms with Crippen LogP contribution in [0.5, 0.6) is 0 Å². The van der Waals surface area contributed by atoms with Gasteiger partial charge in [-0.15, -0.1) is 0 Å². The molecule has 0 saturated carbocycles.